The maximum Gasteiger partial charge on any atom is 0.422 e. The lowest BCUT2D eigenvalue weighted by Gasteiger charge is -2.40. The molecule has 1 aromatic carbocycles. The number of aromatic nitrogens is 2. The maximum atomic E-state index is 13.8. The molecule has 0 radical (unpaired) electrons. The number of carbonyl (C=O) groups excluding carboxylic acids is 1. The molecule has 32 heavy (non-hydrogen) atoms. The maximum absolute atomic E-state index is 13.8. The fourth-order valence-electron chi connectivity index (χ4n) is 4.50. The number of ether oxygens (including phenoxy) is 1. The third-order valence-electron chi connectivity index (χ3n) is 6.04. The number of aromatic amines is 1. The number of carbonyl (C=O) groups is 1. The van der Waals surface area contributed by atoms with Crippen LogP contribution in [0.4, 0.5) is 33.5 Å². The fourth-order valence-corrected chi connectivity index (χ4v) is 4.50. The highest BCUT2D eigenvalue weighted by Crippen LogP contribution is 2.50. The first-order chi connectivity index (χ1) is 15.0. The molecule has 3 atom stereocenters. The van der Waals surface area contributed by atoms with Crippen LogP contribution in [0.3, 0.4) is 0 Å². The van der Waals surface area contributed by atoms with Gasteiger partial charge in [0.1, 0.15) is 11.6 Å². The van der Waals surface area contributed by atoms with E-state index in [9.17, 15) is 31.9 Å². The minimum atomic E-state index is -5.05. The van der Waals surface area contributed by atoms with Gasteiger partial charge in [0.25, 0.3) is 0 Å². The van der Waals surface area contributed by atoms with E-state index in [1.54, 1.807) is 12.1 Å². The van der Waals surface area contributed by atoms with Crippen molar-refractivity contribution in [1.29, 1.82) is 0 Å². The molecule has 2 aliphatic heterocycles. The van der Waals surface area contributed by atoms with Crippen molar-refractivity contribution >= 4 is 17.4 Å². The molecule has 0 bridgehead atoms. The number of rotatable bonds is 4. The first kappa shape index (κ1) is 22.3. The zero-order chi connectivity index (χ0) is 23.3. The van der Waals surface area contributed by atoms with E-state index in [0.29, 0.717) is 19.5 Å². The smallest absolute Gasteiger partial charge is 0.422 e. The highest BCUT2D eigenvalue weighted by atomic mass is 19.4. The van der Waals surface area contributed by atoms with Gasteiger partial charge in [0.15, 0.2) is 5.60 Å². The van der Waals surface area contributed by atoms with Crippen molar-refractivity contribution in [1.82, 2.24) is 10.2 Å². The van der Waals surface area contributed by atoms with E-state index in [1.807, 2.05) is 11.8 Å². The van der Waals surface area contributed by atoms with Gasteiger partial charge in [-0.2, -0.15) is 27.1 Å². The molecule has 2 aliphatic rings. The molecular weight excluding hydrogens is 439 g/mol. The van der Waals surface area contributed by atoms with Crippen LogP contribution in [0.2, 0.25) is 0 Å². The van der Waals surface area contributed by atoms with Crippen molar-refractivity contribution in [3.8, 4) is 5.75 Å². The van der Waals surface area contributed by atoms with Gasteiger partial charge in [-0.25, -0.2) is 0 Å². The standard InChI is InChI=1S/C20H21F5N4O3/c1-10-9-29(11-2-4-12(5-3-11)32-18(21)22)7-6-13(10)16-15-17(28-27-16)26-14(30)8-19(15,31)20(23,24)25/h2-5,10,13,18,31H,6-9H2,1H3,(H2,26,27,28,30)/t10?,13-,19?/m1/s1. The predicted octanol–water partition coefficient (Wildman–Crippen LogP) is 3.73. The molecule has 1 saturated heterocycles. The molecule has 3 heterocycles. The van der Waals surface area contributed by atoms with E-state index < -0.39 is 42.2 Å². The number of piperidine rings is 1. The van der Waals surface area contributed by atoms with Crippen LogP contribution >= 0.6 is 0 Å². The molecule has 3 N–H and O–H groups in total. The Labute approximate surface area is 179 Å². The van der Waals surface area contributed by atoms with E-state index in [4.69, 9.17) is 0 Å². The number of benzene rings is 1. The predicted molar refractivity (Wildman–Crippen MR) is 104 cm³/mol. The Morgan fingerprint density at radius 1 is 1.28 bits per heavy atom. The zero-order valence-corrected chi connectivity index (χ0v) is 16.9. The number of hydrogen-bond acceptors (Lipinski definition) is 5. The molecular formula is C20H21F5N4O3. The Kier molecular flexibility index (Phi) is 5.51. The van der Waals surface area contributed by atoms with Gasteiger partial charge in [0.05, 0.1) is 17.7 Å². The van der Waals surface area contributed by atoms with Crippen LogP contribution in [0.5, 0.6) is 5.75 Å². The molecule has 7 nitrogen and oxygen atoms in total. The lowest BCUT2D eigenvalue weighted by molar-refractivity contribution is -0.267. The number of amides is 1. The topological polar surface area (TPSA) is 90.5 Å². The summed E-state index contributed by atoms with van der Waals surface area (Å²) in [6.07, 6.45) is -5.74. The summed E-state index contributed by atoms with van der Waals surface area (Å²) in [4.78, 5) is 13.7. The Morgan fingerprint density at radius 3 is 2.56 bits per heavy atom. The lowest BCUT2D eigenvalue weighted by Crippen LogP contribution is -2.49. The highest BCUT2D eigenvalue weighted by molar-refractivity contribution is 5.94. The summed E-state index contributed by atoms with van der Waals surface area (Å²) in [6.45, 7) is -0.113. The van der Waals surface area contributed by atoms with Crippen LogP contribution in [-0.4, -0.2) is 47.1 Å². The largest absolute Gasteiger partial charge is 0.435 e. The highest BCUT2D eigenvalue weighted by Gasteiger charge is 2.61. The van der Waals surface area contributed by atoms with Crippen LogP contribution in [-0.2, 0) is 10.4 Å². The number of fused-ring (bicyclic) bond motifs is 1. The normalized spacial score (nSPS) is 26.1. The number of nitrogens with one attached hydrogen (secondary N) is 2. The summed E-state index contributed by atoms with van der Waals surface area (Å²) in [7, 11) is 0. The molecule has 0 spiro atoms. The number of aliphatic hydroxyl groups is 1. The molecule has 2 unspecified atom stereocenters. The molecule has 12 heteroatoms. The van der Waals surface area contributed by atoms with Gasteiger partial charge in [-0.1, -0.05) is 6.92 Å². The molecule has 1 amide bonds. The van der Waals surface area contributed by atoms with Crippen molar-refractivity contribution in [2.75, 3.05) is 23.3 Å². The monoisotopic (exact) mass is 460 g/mol. The van der Waals surface area contributed by atoms with Crippen molar-refractivity contribution in [3.05, 3.63) is 35.5 Å². The van der Waals surface area contributed by atoms with E-state index >= 15 is 0 Å². The van der Waals surface area contributed by atoms with Gasteiger partial charge in [-0.3, -0.25) is 9.89 Å². The van der Waals surface area contributed by atoms with Crippen molar-refractivity contribution < 1.29 is 36.6 Å². The van der Waals surface area contributed by atoms with Crippen LogP contribution in [0.25, 0.3) is 0 Å². The minimum Gasteiger partial charge on any atom is -0.435 e. The van der Waals surface area contributed by atoms with E-state index in [2.05, 4.69) is 20.3 Å². The van der Waals surface area contributed by atoms with Gasteiger partial charge in [-0.05, 0) is 36.6 Å². The lowest BCUT2D eigenvalue weighted by atomic mass is 9.77. The van der Waals surface area contributed by atoms with Crippen LogP contribution in [0, 0.1) is 5.92 Å². The Hall–Kier alpha value is -2.89. The van der Waals surface area contributed by atoms with Gasteiger partial charge in [-0.15, -0.1) is 0 Å². The fraction of sp³-hybridized carbons (Fsp3) is 0.500. The average Bonchev–Trinajstić information content (AvgIpc) is 3.11. The summed E-state index contributed by atoms with van der Waals surface area (Å²) in [6, 6.07) is 6.13. The van der Waals surface area contributed by atoms with Crippen LogP contribution < -0.4 is 15.0 Å². The third-order valence-corrected chi connectivity index (χ3v) is 6.04. The van der Waals surface area contributed by atoms with Crippen LogP contribution in [0.1, 0.15) is 36.9 Å². The number of alkyl halides is 5. The second kappa shape index (κ2) is 7.91. The summed E-state index contributed by atoms with van der Waals surface area (Å²) in [5, 5.41) is 19.3. The second-order valence-electron chi connectivity index (χ2n) is 8.13. The quantitative estimate of drug-likeness (QED) is 0.605. The summed E-state index contributed by atoms with van der Waals surface area (Å²) < 4.78 is 70.3. The van der Waals surface area contributed by atoms with Crippen LogP contribution in [0.15, 0.2) is 24.3 Å². The van der Waals surface area contributed by atoms with Gasteiger partial charge in [0.2, 0.25) is 5.91 Å². The van der Waals surface area contributed by atoms with Crippen molar-refractivity contribution in [2.45, 2.75) is 44.1 Å². The number of H-pyrrole nitrogens is 1. The third kappa shape index (κ3) is 3.87. The summed E-state index contributed by atoms with van der Waals surface area (Å²) in [5.74, 6) is -1.70. The number of anilines is 2. The SMILES string of the molecule is CC1CN(c2ccc(OC(F)F)cc2)CC[C@H]1c1n[nH]c2c1C(O)(C(F)(F)F)CC(=O)N2. The molecule has 1 aromatic heterocycles. The Morgan fingerprint density at radius 2 is 1.97 bits per heavy atom. The molecule has 1 fully saturated rings. The first-order valence-corrected chi connectivity index (χ1v) is 9.97. The van der Waals surface area contributed by atoms with Crippen molar-refractivity contribution in [3.63, 3.8) is 0 Å². The summed E-state index contributed by atoms with van der Waals surface area (Å²) in [5.41, 5.74) is -2.89. The molecule has 0 aliphatic carbocycles. The molecule has 174 valence electrons. The zero-order valence-electron chi connectivity index (χ0n) is 16.9. The molecule has 4 rings (SSSR count). The number of nitrogens with zero attached hydrogens (tertiary/aromatic N) is 2. The van der Waals surface area contributed by atoms with E-state index in [1.165, 1.54) is 12.1 Å². The molecule has 0 saturated carbocycles. The number of halogens is 5. The van der Waals surface area contributed by atoms with Gasteiger partial charge in [0, 0.05) is 24.7 Å². The second-order valence-corrected chi connectivity index (χ2v) is 8.13. The Bertz CT molecular complexity index is 994. The van der Waals surface area contributed by atoms with E-state index in [0.717, 1.165) is 5.69 Å². The Balaban J connectivity index is 1.56. The van der Waals surface area contributed by atoms with E-state index in [-0.39, 0.29) is 23.2 Å². The summed E-state index contributed by atoms with van der Waals surface area (Å²) >= 11 is 0. The number of hydrogen-bond donors (Lipinski definition) is 3. The van der Waals surface area contributed by atoms with Crippen molar-refractivity contribution in [2.24, 2.45) is 5.92 Å². The van der Waals surface area contributed by atoms with Gasteiger partial charge >= 0.3 is 12.8 Å². The average molecular weight is 460 g/mol. The minimum absolute atomic E-state index is 0.0309. The first-order valence-electron chi connectivity index (χ1n) is 9.97. The van der Waals surface area contributed by atoms with Gasteiger partial charge < -0.3 is 20.1 Å². The molecule has 2 aromatic rings.